The highest BCUT2D eigenvalue weighted by atomic mass is 16.5. The quantitative estimate of drug-likeness (QED) is 0.735. The molecule has 0 radical (unpaired) electrons. The molecule has 1 unspecified atom stereocenters. The van der Waals surface area contributed by atoms with E-state index >= 15 is 0 Å². The monoisotopic (exact) mass is 180 g/mol. The van der Waals surface area contributed by atoms with Crippen LogP contribution in [0.1, 0.15) is 18.9 Å². The Kier molecular flexibility index (Phi) is 2.38. The van der Waals surface area contributed by atoms with Crippen LogP contribution < -0.4 is 5.32 Å². The molecule has 1 fully saturated rings. The van der Waals surface area contributed by atoms with Gasteiger partial charge < -0.3 is 15.0 Å². The van der Waals surface area contributed by atoms with E-state index in [1.165, 1.54) is 5.56 Å². The van der Waals surface area contributed by atoms with Crippen LogP contribution >= 0.6 is 0 Å². The molecule has 13 heavy (non-hydrogen) atoms. The van der Waals surface area contributed by atoms with Gasteiger partial charge in [0.1, 0.15) is 0 Å². The fourth-order valence-electron chi connectivity index (χ4n) is 1.59. The summed E-state index contributed by atoms with van der Waals surface area (Å²) in [6.07, 6.45) is 5.08. The summed E-state index contributed by atoms with van der Waals surface area (Å²) in [5, 5.41) is 3.52. The zero-order chi connectivity index (χ0) is 9.15. The molecule has 0 saturated carbocycles. The fourth-order valence-corrected chi connectivity index (χ4v) is 1.59. The number of hydrogen-bond acceptors (Lipinski definition) is 2. The van der Waals surface area contributed by atoms with E-state index in [2.05, 4.69) is 23.3 Å². The zero-order valence-electron chi connectivity index (χ0n) is 7.97. The standard InChI is InChI=1S/C10H16N2O/c1-10(3-5-13-8-10)12-7-9-2-4-11-6-9/h2,4,6,11-12H,3,5,7-8H2,1H3. The second-order valence-corrected chi connectivity index (χ2v) is 3.94. The Hall–Kier alpha value is -0.800. The summed E-state index contributed by atoms with van der Waals surface area (Å²) in [4.78, 5) is 3.05. The maximum absolute atomic E-state index is 5.36. The minimum Gasteiger partial charge on any atom is -0.379 e. The van der Waals surface area contributed by atoms with E-state index < -0.39 is 0 Å². The topological polar surface area (TPSA) is 37.0 Å². The van der Waals surface area contributed by atoms with Crippen molar-refractivity contribution in [1.82, 2.24) is 10.3 Å². The Morgan fingerprint density at radius 1 is 1.69 bits per heavy atom. The lowest BCUT2D eigenvalue weighted by atomic mass is 10.0. The molecule has 0 bridgehead atoms. The van der Waals surface area contributed by atoms with Crippen LogP contribution in [0.2, 0.25) is 0 Å². The molecule has 1 aromatic rings. The average Bonchev–Trinajstić information content (AvgIpc) is 2.72. The Bertz CT molecular complexity index is 250. The van der Waals surface area contributed by atoms with Crippen molar-refractivity contribution in [2.75, 3.05) is 13.2 Å². The summed E-state index contributed by atoms with van der Waals surface area (Å²) in [6.45, 7) is 4.85. The summed E-state index contributed by atoms with van der Waals surface area (Å²) in [5.41, 5.74) is 1.48. The maximum atomic E-state index is 5.36. The molecule has 0 amide bonds. The largest absolute Gasteiger partial charge is 0.379 e. The molecule has 1 atom stereocenters. The summed E-state index contributed by atoms with van der Waals surface area (Å²) in [6, 6.07) is 2.09. The molecule has 2 heterocycles. The van der Waals surface area contributed by atoms with Crippen LogP contribution in [0.15, 0.2) is 18.5 Å². The molecule has 1 aromatic heterocycles. The van der Waals surface area contributed by atoms with E-state index in [-0.39, 0.29) is 5.54 Å². The Morgan fingerprint density at radius 2 is 2.62 bits per heavy atom. The predicted molar refractivity (Wildman–Crippen MR) is 51.5 cm³/mol. The Labute approximate surface area is 78.5 Å². The van der Waals surface area contributed by atoms with Gasteiger partial charge >= 0.3 is 0 Å². The predicted octanol–water partition coefficient (Wildman–Crippen LogP) is 1.28. The maximum Gasteiger partial charge on any atom is 0.0646 e. The van der Waals surface area contributed by atoms with Gasteiger partial charge in [0, 0.05) is 31.1 Å². The fraction of sp³-hybridized carbons (Fsp3) is 0.600. The molecular formula is C10H16N2O. The molecule has 1 aliphatic rings. The van der Waals surface area contributed by atoms with Crippen molar-refractivity contribution in [1.29, 1.82) is 0 Å². The number of nitrogens with one attached hydrogen (secondary N) is 2. The first-order chi connectivity index (χ1) is 6.29. The second-order valence-electron chi connectivity index (χ2n) is 3.94. The molecule has 1 aliphatic heterocycles. The number of aromatic nitrogens is 1. The van der Waals surface area contributed by atoms with Crippen LogP contribution in [-0.2, 0) is 11.3 Å². The van der Waals surface area contributed by atoms with Crippen molar-refractivity contribution < 1.29 is 4.74 Å². The van der Waals surface area contributed by atoms with Crippen molar-refractivity contribution in [3.05, 3.63) is 24.0 Å². The van der Waals surface area contributed by atoms with Crippen LogP contribution in [0.4, 0.5) is 0 Å². The van der Waals surface area contributed by atoms with Crippen LogP contribution in [0.5, 0.6) is 0 Å². The zero-order valence-corrected chi connectivity index (χ0v) is 7.97. The molecule has 3 heteroatoms. The molecule has 0 aromatic carbocycles. The highest BCUT2D eigenvalue weighted by Gasteiger charge is 2.28. The van der Waals surface area contributed by atoms with E-state index in [4.69, 9.17) is 4.74 Å². The number of rotatable bonds is 3. The van der Waals surface area contributed by atoms with Gasteiger partial charge in [0.25, 0.3) is 0 Å². The van der Waals surface area contributed by atoms with E-state index in [1.807, 2.05) is 12.4 Å². The van der Waals surface area contributed by atoms with Gasteiger partial charge in [-0.1, -0.05) is 0 Å². The van der Waals surface area contributed by atoms with Crippen molar-refractivity contribution in [2.24, 2.45) is 0 Å². The molecular weight excluding hydrogens is 164 g/mol. The molecule has 1 saturated heterocycles. The third kappa shape index (κ3) is 2.11. The van der Waals surface area contributed by atoms with Crippen molar-refractivity contribution in [3.8, 4) is 0 Å². The SMILES string of the molecule is CC1(NCc2cc[nH]c2)CCOC1. The molecule has 0 spiro atoms. The highest BCUT2D eigenvalue weighted by Crippen LogP contribution is 2.17. The van der Waals surface area contributed by atoms with Gasteiger partial charge in [-0.15, -0.1) is 0 Å². The molecule has 72 valence electrons. The molecule has 3 nitrogen and oxygen atoms in total. The minimum absolute atomic E-state index is 0.178. The number of aromatic amines is 1. The highest BCUT2D eigenvalue weighted by molar-refractivity contribution is 5.08. The van der Waals surface area contributed by atoms with Crippen LogP contribution in [0.3, 0.4) is 0 Å². The second kappa shape index (κ2) is 3.52. The summed E-state index contributed by atoms with van der Waals surface area (Å²) in [5.74, 6) is 0. The van der Waals surface area contributed by atoms with E-state index in [0.717, 1.165) is 26.2 Å². The lowest BCUT2D eigenvalue weighted by Gasteiger charge is -2.23. The normalized spacial score (nSPS) is 28.1. The first kappa shape index (κ1) is 8.78. The van der Waals surface area contributed by atoms with Gasteiger partial charge in [-0.2, -0.15) is 0 Å². The van der Waals surface area contributed by atoms with Gasteiger partial charge in [-0.05, 0) is 25.0 Å². The third-order valence-corrected chi connectivity index (χ3v) is 2.60. The van der Waals surface area contributed by atoms with Gasteiger partial charge in [0.2, 0.25) is 0 Å². The number of ether oxygens (including phenoxy) is 1. The first-order valence-electron chi connectivity index (χ1n) is 4.73. The smallest absolute Gasteiger partial charge is 0.0646 e. The van der Waals surface area contributed by atoms with Crippen LogP contribution in [0, 0.1) is 0 Å². The van der Waals surface area contributed by atoms with Crippen molar-refractivity contribution >= 4 is 0 Å². The van der Waals surface area contributed by atoms with Gasteiger partial charge in [0.15, 0.2) is 0 Å². The average molecular weight is 180 g/mol. The third-order valence-electron chi connectivity index (χ3n) is 2.60. The van der Waals surface area contributed by atoms with E-state index in [9.17, 15) is 0 Å². The van der Waals surface area contributed by atoms with Gasteiger partial charge in [0.05, 0.1) is 6.61 Å². The van der Waals surface area contributed by atoms with E-state index in [1.54, 1.807) is 0 Å². The summed E-state index contributed by atoms with van der Waals surface area (Å²) >= 11 is 0. The Morgan fingerprint density at radius 3 is 3.23 bits per heavy atom. The molecule has 2 rings (SSSR count). The van der Waals surface area contributed by atoms with Crippen LogP contribution in [-0.4, -0.2) is 23.7 Å². The summed E-state index contributed by atoms with van der Waals surface area (Å²) < 4.78 is 5.36. The summed E-state index contributed by atoms with van der Waals surface area (Å²) in [7, 11) is 0. The Balaban J connectivity index is 1.85. The van der Waals surface area contributed by atoms with Gasteiger partial charge in [-0.25, -0.2) is 0 Å². The minimum atomic E-state index is 0.178. The molecule has 0 aliphatic carbocycles. The van der Waals surface area contributed by atoms with Crippen LogP contribution in [0.25, 0.3) is 0 Å². The number of hydrogen-bond donors (Lipinski definition) is 2. The molecule has 2 N–H and O–H groups in total. The van der Waals surface area contributed by atoms with E-state index in [0.29, 0.717) is 0 Å². The first-order valence-corrected chi connectivity index (χ1v) is 4.73. The van der Waals surface area contributed by atoms with Crippen molar-refractivity contribution in [3.63, 3.8) is 0 Å². The number of H-pyrrole nitrogens is 1. The van der Waals surface area contributed by atoms with Crippen molar-refractivity contribution in [2.45, 2.75) is 25.4 Å². The van der Waals surface area contributed by atoms with Gasteiger partial charge in [-0.3, -0.25) is 0 Å². The lowest BCUT2D eigenvalue weighted by Crippen LogP contribution is -2.42. The lowest BCUT2D eigenvalue weighted by molar-refractivity contribution is 0.171.